The Balaban J connectivity index is 2.84. The van der Waals surface area contributed by atoms with Gasteiger partial charge in [-0.25, -0.2) is 0 Å². The number of thioether (sulfide) groups is 1. The Labute approximate surface area is 140 Å². The summed E-state index contributed by atoms with van der Waals surface area (Å²) in [5.41, 5.74) is -0.157. The summed E-state index contributed by atoms with van der Waals surface area (Å²) in [4.78, 5) is 26.7. The van der Waals surface area contributed by atoms with Crippen LogP contribution >= 0.6 is 11.8 Å². The van der Waals surface area contributed by atoms with E-state index in [4.69, 9.17) is 0 Å². The van der Waals surface area contributed by atoms with Gasteiger partial charge in [0.05, 0.1) is 5.25 Å². The zero-order chi connectivity index (χ0) is 17.3. The van der Waals surface area contributed by atoms with E-state index in [1.165, 1.54) is 4.90 Å². The lowest BCUT2D eigenvalue weighted by Gasteiger charge is -2.35. The number of carbonyl (C=O) groups is 2. The van der Waals surface area contributed by atoms with E-state index in [0.717, 1.165) is 19.3 Å². The molecule has 0 saturated carbocycles. The van der Waals surface area contributed by atoms with Gasteiger partial charge in [-0.05, 0) is 32.1 Å². The Morgan fingerprint density at radius 2 is 1.64 bits per heavy atom. The fourth-order valence-electron chi connectivity index (χ4n) is 3.76. The molecule has 1 saturated heterocycles. The number of hydrogen-bond acceptors (Lipinski definition) is 3. The van der Waals surface area contributed by atoms with Gasteiger partial charge in [-0.2, -0.15) is 0 Å². The topological polar surface area (TPSA) is 37.4 Å². The second kappa shape index (κ2) is 6.54. The lowest BCUT2D eigenvalue weighted by atomic mass is 9.86. The van der Waals surface area contributed by atoms with Crippen LogP contribution in [0.2, 0.25) is 0 Å². The fourth-order valence-corrected chi connectivity index (χ4v) is 5.48. The predicted molar refractivity (Wildman–Crippen MR) is 95.0 cm³/mol. The highest BCUT2D eigenvalue weighted by molar-refractivity contribution is 8.02. The average molecular weight is 328 g/mol. The molecule has 2 amide bonds. The summed E-state index contributed by atoms with van der Waals surface area (Å²) in [6.07, 6.45) is 3.19. The predicted octanol–water partition coefficient (Wildman–Crippen LogP) is 4.64. The van der Waals surface area contributed by atoms with Crippen LogP contribution in [0.5, 0.6) is 0 Å². The van der Waals surface area contributed by atoms with Gasteiger partial charge in [0, 0.05) is 16.7 Å². The molecule has 0 aromatic carbocycles. The second-order valence-corrected chi connectivity index (χ2v) is 10.8. The molecule has 0 spiro atoms. The minimum atomic E-state index is -0.369. The SMILES string of the molecule is CCCC(C)(C)N1C(=O)CC(SC(C)(C)CC(C)(C)C)C1=O. The molecule has 1 rings (SSSR count). The van der Waals surface area contributed by atoms with E-state index in [1.807, 2.05) is 13.8 Å². The summed E-state index contributed by atoms with van der Waals surface area (Å²) >= 11 is 1.67. The van der Waals surface area contributed by atoms with Gasteiger partial charge in [-0.15, -0.1) is 11.8 Å². The van der Waals surface area contributed by atoms with Gasteiger partial charge in [0.1, 0.15) is 0 Å². The zero-order valence-corrected chi connectivity index (χ0v) is 16.4. The van der Waals surface area contributed by atoms with Gasteiger partial charge in [0.2, 0.25) is 11.8 Å². The molecule has 1 fully saturated rings. The molecule has 1 unspecified atom stereocenters. The van der Waals surface area contributed by atoms with Gasteiger partial charge in [0.25, 0.3) is 0 Å². The molecule has 0 radical (unpaired) electrons. The van der Waals surface area contributed by atoms with Crippen LogP contribution in [0, 0.1) is 5.41 Å². The van der Waals surface area contributed by atoms with Crippen LogP contribution in [0.1, 0.15) is 81.1 Å². The number of nitrogens with zero attached hydrogens (tertiary/aromatic N) is 1. The first kappa shape index (κ1) is 19.5. The number of rotatable bonds is 6. The number of carbonyl (C=O) groups excluding carboxylic acids is 2. The van der Waals surface area contributed by atoms with Crippen molar-refractivity contribution in [3.8, 4) is 0 Å². The van der Waals surface area contributed by atoms with E-state index >= 15 is 0 Å². The van der Waals surface area contributed by atoms with Crippen molar-refractivity contribution in [3.05, 3.63) is 0 Å². The maximum atomic E-state index is 12.8. The Morgan fingerprint density at radius 1 is 1.09 bits per heavy atom. The zero-order valence-electron chi connectivity index (χ0n) is 15.6. The molecule has 4 heteroatoms. The highest BCUT2D eigenvalue weighted by atomic mass is 32.2. The van der Waals surface area contributed by atoms with Gasteiger partial charge < -0.3 is 0 Å². The number of amides is 2. The van der Waals surface area contributed by atoms with E-state index in [1.54, 1.807) is 11.8 Å². The van der Waals surface area contributed by atoms with Crippen LogP contribution in [-0.2, 0) is 9.59 Å². The monoisotopic (exact) mass is 327 g/mol. The van der Waals surface area contributed by atoms with Crippen LogP contribution in [0.25, 0.3) is 0 Å². The standard InChI is InChI=1S/C18H33NO2S/c1-9-10-17(5,6)19-14(20)11-13(15(19)21)22-18(7,8)12-16(2,3)4/h13H,9-12H2,1-8H3. The molecule has 0 aromatic heterocycles. The molecule has 0 aromatic rings. The van der Waals surface area contributed by atoms with E-state index in [2.05, 4.69) is 41.5 Å². The van der Waals surface area contributed by atoms with E-state index < -0.39 is 0 Å². The summed E-state index contributed by atoms with van der Waals surface area (Å²) < 4.78 is -0.0102. The maximum Gasteiger partial charge on any atom is 0.243 e. The summed E-state index contributed by atoms with van der Waals surface area (Å²) in [7, 11) is 0. The highest BCUT2D eigenvalue weighted by Gasteiger charge is 2.47. The number of hydrogen-bond donors (Lipinski definition) is 0. The smallest absolute Gasteiger partial charge is 0.243 e. The quantitative estimate of drug-likeness (QED) is 0.667. The lowest BCUT2D eigenvalue weighted by Crippen LogP contribution is -2.48. The summed E-state index contributed by atoms with van der Waals surface area (Å²) in [6, 6.07) is 0. The van der Waals surface area contributed by atoms with Crippen molar-refractivity contribution in [1.82, 2.24) is 4.90 Å². The molecule has 1 aliphatic rings. The first-order valence-corrected chi connectivity index (χ1v) is 9.22. The van der Waals surface area contributed by atoms with Crippen molar-refractivity contribution in [2.24, 2.45) is 5.41 Å². The normalized spacial score (nSPS) is 20.9. The molecule has 1 atom stereocenters. The van der Waals surface area contributed by atoms with E-state index in [-0.39, 0.29) is 32.8 Å². The van der Waals surface area contributed by atoms with Gasteiger partial charge >= 0.3 is 0 Å². The fraction of sp³-hybridized carbons (Fsp3) is 0.889. The van der Waals surface area contributed by atoms with Crippen molar-refractivity contribution >= 4 is 23.6 Å². The molecular weight excluding hydrogens is 294 g/mol. The summed E-state index contributed by atoms with van der Waals surface area (Å²) in [6.45, 7) is 17.1. The van der Waals surface area contributed by atoms with Gasteiger partial charge in [-0.3, -0.25) is 14.5 Å². The Morgan fingerprint density at radius 3 is 2.09 bits per heavy atom. The largest absolute Gasteiger partial charge is 0.276 e. The highest BCUT2D eigenvalue weighted by Crippen LogP contribution is 2.43. The van der Waals surface area contributed by atoms with Crippen LogP contribution in [-0.4, -0.2) is 32.3 Å². The molecule has 1 aliphatic heterocycles. The van der Waals surface area contributed by atoms with Crippen LogP contribution in [0.15, 0.2) is 0 Å². The Bertz CT molecular complexity index is 435. The second-order valence-electron chi connectivity index (χ2n) is 8.94. The van der Waals surface area contributed by atoms with Crippen molar-refractivity contribution < 1.29 is 9.59 Å². The summed E-state index contributed by atoms with van der Waals surface area (Å²) in [5.74, 6) is 0.00272. The molecule has 0 aliphatic carbocycles. The van der Waals surface area contributed by atoms with Crippen molar-refractivity contribution in [1.29, 1.82) is 0 Å². The third-order valence-electron chi connectivity index (χ3n) is 3.99. The first-order chi connectivity index (χ1) is 9.79. The van der Waals surface area contributed by atoms with Crippen LogP contribution in [0.3, 0.4) is 0 Å². The third-order valence-corrected chi connectivity index (χ3v) is 5.42. The molecule has 0 bridgehead atoms. The van der Waals surface area contributed by atoms with Gasteiger partial charge in [0.15, 0.2) is 0 Å². The lowest BCUT2D eigenvalue weighted by molar-refractivity contribution is -0.144. The molecule has 22 heavy (non-hydrogen) atoms. The Hall–Kier alpha value is -0.510. The molecule has 0 N–H and O–H groups in total. The molecule has 128 valence electrons. The van der Waals surface area contributed by atoms with Crippen LogP contribution in [0.4, 0.5) is 0 Å². The van der Waals surface area contributed by atoms with Crippen LogP contribution < -0.4 is 0 Å². The number of likely N-dealkylation sites (tertiary alicyclic amines) is 1. The third kappa shape index (κ3) is 5.00. The molecular formula is C18H33NO2S. The summed E-state index contributed by atoms with van der Waals surface area (Å²) in [5, 5.41) is -0.221. The minimum absolute atomic E-state index is 0.00694. The van der Waals surface area contributed by atoms with E-state index in [0.29, 0.717) is 6.42 Å². The molecule has 1 heterocycles. The maximum absolute atomic E-state index is 12.8. The Kier molecular flexibility index (Phi) is 5.81. The molecule has 3 nitrogen and oxygen atoms in total. The average Bonchev–Trinajstić information content (AvgIpc) is 2.49. The first-order valence-electron chi connectivity index (χ1n) is 8.34. The van der Waals surface area contributed by atoms with Crippen molar-refractivity contribution in [3.63, 3.8) is 0 Å². The van der Waals surface area contributed by atoms with E-state index in [9.17, 15) is 9.59 Å². The van der Waals surface area contributed by atoms with Gasteiger partial charge in [-0.1, -0.05) is 48.0 Å². The van der Waals surface area contributed by atoms with Crippen molar-refractivity contribution in [2.75, 3.05) is 0 Å². The number of imide groups is 1. The van der Waals surface area contributed by atoms with Crippen molar-refractivity contribution in [2.45, 2.75) is 96.6 Å². The minimum Gasteiger partial charge on any atom is -0.276 e.